The Balaban J connectivity index is 2.65. The van der Waals surface area contributed by atoms with Gasteiger partial charge in [-0.2, -0.15) is 0 Å². The Labute approximate surface area is 482 Å². The molecule has 0 saturated carbocycles. The summed E-state index contributed by atoms with van der Waals surface area (Å²) in [5.41, 5.74) is 0. The van der Waals surface area contributed by atoms with Crippen LogP contribution in [0.15, 0.2) is 48.6 Å². The van der Waals surface area contributed by atoms with Crippen molar-refractivity contribution in [2.24, 2.45) is 0 Å². The number of carboxylic acids is 1. The van der Waals surface area contributed by atoms with E-state index in [0.29, 0.717) is 19.3 Å². The van der Waals surface area contributed by atoms with E-state index >= 15 is 0 Å². The van der Waals surface area contributed by atoms with Gasteiger partial charge in [0.05, 0.1) is 6.61 Å². The number of aliphatic carboxylic acids is 1. The second kappa shape index (κ2) is 55.2. The summed E-state index contributed by atoms with van der Waals surface area (Å²) >= 11 is 0. The predicted octanol–water partition coefficient (Wildman–Crippen LogP) is 17.3. The number of carbonyl (C=O) groups is 4. The lowest BCUT2D eigenvalue weighted by Gasteiger charge is -2.40. The monoisotopic (exact) mass is 1110 g/mol. The lowest BCUT2D eigenvalue weighted by molar-refractivity contribution is -0.301. The highest BCUT2D eigenvalue weighted by Gasteiger charge is 2.50. The summed E-state index contributed by atoms with van der Waals surface area (Å²) in [4.78, 5) is 51.3. The number of esters is 3. The number of unbranched alkanes of at least 4 members (excludes halogenated alkanes) is 34. The third-order valence-corrected chi connectivity index (χ3v) is 14.8. The van der Waals surface area contributed by atoms with Crippen LogP contribution in [0.3, 0.4) is 0 Å². The Morgan fingerprint density at radius 1 is 0.418 bits per heavy atom. The molecule has 1 rings (SSSR count). The quantitative estimate of drug-likeness (QED) is 0.0228. The van der Waals surface area contributed by atoms with Crippen LogP contribution in [-0.2, 0) is 42.9 Å². The molecule has 0 radical (unpaired) electrons. The van der Waals surface area contributed by atoms with Crippen LogP contribution in [0, 0.1) is 0 Å². The first kappa shape index (κ1) is 73.7. The summed E-state index contributed by atoms with van der Waals surface area (Å²) in [6.07, 6.45) is 55.0. The van der Waals surface area contributed by atoms with Crippen LogP contribution in [0.5, 0.6) is 0 Å². The summed E-state index contributed by atoms with van der Waals surface area (Å²) in [6, 6.07) is 0. The molecule has 0 aromatic carbocycles. The summed E-state index contributed by atoms with van der Waals surface area (Å²) in [7, 11) is 0. The molecule has 458 valence electrons. The fraction of sp³-hybridized carbons (Fsp3) is 0.821. The number of hydrogen-bond acceptors (Lipinski definition) is 11. The molecule has 1 aliphatic rings. The van der Waals surface area contributed by atoms with Crippen molar-refractivity contribution in [3.8, 4) is 0 Å². The highest BCUT2D eigenvalue weighted by Crippen LogP contribution is 2.27. The molecule has 0 aromatic rings. The number of aliphatic hydroxyl groups excluding tert-OH is 2. The molecule has 1 aliphatic heterocycles. The average Bonchev–Trinajstić information content (AvgIpc) is 3.46. The van der Waals surface area contributed by atoms with Gasteiger partial charge in [-0.15, -0.1) is 0 Å². The summed E-state index contributed by atoms with van der Waals surface area (Å²) in [5, 5.41) is 31.5. The first-order valence-corrected chi connectivity index (χ1v) is 32.6. The van der Waals surface area contributed by atoms with Crippen LogP contribution < -0.4 is 0 Å². The molecule has 0 aromatic heterocycles. The highest BCUT2D eigenvalue weighted by molar-refractivity contribution is 5.74. The molecule has 0 aliphatic carbocycles. The smallest absolute Gasteiger partial charge is 0.335 e. The van der Waals surface area contributed by atoms with Crippen LogP contribution in [0.1, 0.15) is 303 Å². The second-order valence-corrected chi connectivity index (χ2v) is 22.4. The lowest BCUT2D eigenvalue weighted by Crippen LogP contribution is -2.61. The molecule has 79 heavy (non-hydrogen) atoms. The minimum absolute atomic E-state index is 0.0449. The van der Waals surface area contributed by atoms with E-state index in [4.69, 9.17) is 23.7 Å². The fourth-order valence-electron chi connectivity index (χ4n) is 9.81. The van der Waals surface area contributed by atoms with Crippen LogP contribution >= 0.6 is 0 Å². The van der Waals surface area contributed by atoms with Gasteiger partial charge in [0.2, 0.25) is 0 Å². The molecule has 1 saturated heterocycles. The van der Waals surface area contributed by atoms with Crippen molar-refractivity contribution in [2.75, 3.05) is 13.2 Å². The minimum atomic E-state index is -1.91. The molecule has 12 heteroatoms. The molecule has 1 fully saturated rings. The molecule has 6 atom stereocenters. The van der Waals surface area contributed by atoms with Gasteiger partial charge in [-0.05, 0) is 96.3 Å². The number of carbonyl (C=O) groups excluding carboxylic acids is 3. The maximum Gasteiger partial charge on any atom is 0.335 e. The maximum absolute atomic E-state index is 13.2. The summed E-state index contributed by atoms with van der Waals surface area (Å²) in [6.45, 7) is 5.94. The predicted molar refractivity (Wildman–Crippen MR) is 322 cm³/mol. The van der Waals surface area contributed by atoms with E-state index in [1.165, 1.54) is 141 Å². The Kier molecular flexibility index (Phi) is 51.5. The zero-order valence-electron chi connectivity index (χ0n) is 50.6. The molecular weight excluding hydrogens is 997 g/mol. The van der Waals surface area contributed by atoms with Crippen molar-refractivity contribution in [3.05, 3.63) is 48.6 Å². The van der Waals surface area contributed by atoms with Gasteiger partial charge in [-0.25, -0.2) is 4.79 Å². The molecular formula is C67H118O12. The van der Waals surface area contributed by atoms with Gasteiger partial charge in [0, 0.05) is 19.3 Å². The third-order valence-electron chi connectivity index (χ3n) is 14.8. The van der Waals surface area contributed by atoms with E-state index in [-0.39, 0.29) is 25.9 Å². The van der Waals surface area contributed by atoms with Gasteiger partial charge in [0.1, 0.15) is 18.8 Å². The molecule has 0 amide bonds. The third kappa shape index (κ3) is 45.0. The average molecular weight is 1120 g/mol. The Morgan fingerprint density at radius 3 is 1.20 bits per heavy atom. The molecule has 0 bridgehead atoms. The van der Waals surface area contributed by atoms with Gasteiger partial charge in [-0.1, -0.05) is 236 Å². The molecule has 12 nitrogen and oxygen atoms in total. The van der Waals surface area contributed by atoms with Crippen molar-refractivity contribution >= 4 is 23.9 Å². The first-order chi connectivity index (χ1) is 38.6. The fourth-order valence-corrected chi connectivity index (χ4v) is 9.81. The van der Waals surface area contributed by atoms with Crippen molar-refractivity contribution in [3.63, 3.8) is 0 Å². The van der Waals surface area contributed by atoms with E-state index < -0.39 is 67.3 Å². The number of ether oxygens (including phenoxy) is 5. The van der Waals surface area contributed by atoms with Crippen molar-refractivity contribution in [2.45, 2.75) is 340 Å². The van der Waals surface area contributed by atoms with Crippen LogP contribution in [0.4, 0.5) is 0 Å². The lowest BCUT2D eigenvalue weighted by atomic mass is 9.98. The first-order valence-electron chi connectivity index (χ1n) is 32.6. The van der Waals surface area contributed by atoms with E-state index in [9.17, 15) is 34.5 Å². The number of aliphatic hydroxyl groups is 2. The van der Waals surface area contributed by atoms with Gasteiger partial charge >= 0.3 is 23.9 Å². The zero-order valence-corrected chi connectivity index (χ0v) is 50.6. The van der Waals surface area contributed by atoms with E-state index in [1.54, 1.807) is 0 Å². The highest BCUT2D eigenvalue weighted by atomic mass is 16.7. The van der Waals surface area contributed by atoms with Crippen molar-refractivity contribution in [1.82, 2.24) is 0 Å². The van der Waals surface area contributed by atoms with E-state index in [2.05, 4.69) is 69.4 Å². The second-order valence-electron chi connectivity index (χ2n) is 22.4. The topological polar surface area (TPSA) is 175 Å². The van der Waals surface area contributed by atoms with Gasteiger partial charge < -0.3 is 39.0 Å². The Bertz CT molecular complexity index is 1560. The van der Waals surface area contributed by atoms with Crippen LogP contribution in [0.25, 0.3) is 0 Å². The Hall–Kier alpha value is -3.32. The number of allylic oxidation sites excluding steroid dienone is 8. The number of rotatable bonds is 56. The Morgan fingerprint density at radius 2 is 0.785 bits per heavy atom. The number of hydrogen-bond donors (Lipinski definition) is 3. The SMILES string of the molecule is CCC/C=C\C/C=C\CCCCCCCC(=O)OC1C(OCC(COC(=O)CCCCCCCCCCC/C=C\CCCCCCCC)OC(=O)CCCCCCCCC/C=C\CCCCCCCC)OC(C(=O)O)C(O)C1O. The van der Waals surface area contributed by atoms with Crippen LogP contribution in [-0.4, -0.2) is 89.2 Å². The van der Waals surface area contributed by atoms with E-state index in [0.717, 1.165) is 103 Å². The summed E-state index contributed by atoms with van der Waals surface area (Å²) in [5.74, 6) is -3.12. The van der Waals surface area contributed by atoms with Gasteiger partial charge in [-0.3, -0.25) is 14.4 Å². The van der Waals surface area contributed by atoms with E-state index in [1.807, 2.05) is 0 Å². The zero-order chi connectivity index (χ0) is 57.5. The molecule has 0 spiro atoms. The molecule has 6 unspecified atom stereocenters. The largest absolute Gasteiger partial charge is 0.479 e. The number of carboxylic acid groups (broad SMARTS) is 1. The molecule has 3 N–H and O–H groups in total. The summed E-state index contributed by atoms with van der Waals surface area (Å²) < 4.78 is 28.5. The van der Waals surface area contributed by atoms with Gasteiger partial charge in [0.15, 0.2) is 24.6 Å². The van der Waals surface area contributed by atoms with Crippen LogP contribution in [0.2, 0.25) is 0 Å². The standard InChI is InChI=1S/C67H118O12/c1-4-7-10-13-16-19-22-25-27-29-30-32-33-36-38-41-44-47-50-53-59(68)75-56-58(77-60(69)54-51-48-45-42-40-37-34-31-28-26-23-20-17-14-11-8-5-2)57-76-67-65(63(72)62(71)64(79-67)66(73)74)78-61(70)55-52-49-46-43-39-35-24-21-18-15-12-9-6-3/h12,15,21,24-28,58,62-65,67,71-72H,4-11,13-14,16-20,22-23,29-57H2,1-3H3,(H,73,74)/b15-12-,24-21-,27-25-,28-26-. The molecule has 1 heterocycles. The minimum Gasteiger partial charge on any atom is -0.479 e. The van der Waals surface area contributed by atoms with Crippen molar-refractivity contribution < 1.29 is 58.2 Å². The van der Waals surface area contributed by atoms with Gasteiger partial charge in [0.25, 0.3) is 0 Å². The van der Waals surface area contributed by atoms with Crippen molar-refractivity contribution in [1.29, 1.82) is 0 Å². The maximum atomic E-state index is 13.2. The normalized spacial score (nSPS) is 18.1.